The Bertz CT molecular complexity index is 1610. The third-order valence-electron chi connectivity index (χ3n) is 8.87. The molecule has 7 rings (SSSR count). The summed E-state index contributed by atoms with van der Waals surface area (Å²) in [5, 5.41) is 0. The van der Waals surface area contributed by atoms with Crippen LogP contribution in [-0.2, 0) is 16.0 Å². The SMILES string of the molecule is COC(=O)[C@@H]1[C@@H]2CC[C@H]1CN(c1ncc(-c3cn4c5c(nc4cc3F)CC[C@@H]5c3ccccc3OC(F)F)cn1)C2. The zero-order chi connectivity index (χ0) is 28.2. The number of halogens is 3. The maximum Gasteiger partial charge on any atom is 0.387 e. The van der Waals surface area contributed by atoms with Crippen molar-refractivity contribution in [1.29, 1.82) is 0 Å². The largest absolute Gasteiger partial charge is 0.469 e. The minimum absolute atomic E-state index is 0.0778. The van der Waals surface area contributed by atoms with Crippen LogP contribution >= 0.6 is 0 Å². The number of methoxy groups -OCH3 is 1. The van der Waals surface area contributed by atoms with Gasteiger partial charge in [-0.2, -0.15) is 8.78 Å². The third-order valence-corrected chi connectivity index (χ3v) is 8.87. The van der Waals surface area contributed by atoms with Crippen molar-refractivity contribution in [3.05, 3.63) is 71.7 Å². The summed E-state index contributed by atoms with van der Waals surface area (Å²) in [6.07, 6.45) is 8.18. The number of fused-ring (bicyclic) bond motifs is 5. The van der Waals surface area contributed by atoms with Gasteiger partial charge in [0.15, 0.2) is 0 Å². The summed E-state index contributed by atoms with van der Waals surface area (Å²) in [6.45, 7) is -1.58. The fourth-order valence-corrected chi connectivity index (χ4v) is 7.12. The van der Waals surface area contributed by atoms with E-state index < -0.39 is 12.4 Å². The van der Waals surface area contributed by atoms with Crippen LogP contribution < -0.4 is 9.64 Å². The first-order valence-electron chi connectivity index (χ1n) is 13.8. The summed E-state index contributed by atoms with van der Waals surface area (Å²) in [6, 6.07) is 8.16. The molecule has 4 aromatic rings. The van der Waals surface area contributed by atoms with Crippen LogP contribution in [0.3, 0.4) is 0 Å². The molecular weight excluding hydrogens is 535 g/mol. The summed E-state index contributed by atoms with van der Waals surface area (Å²) in [7, 11) is 1.44. The number of imidazole rings is 1. The molecule has 212 valence electrons. The molecule has 2 aliphatic carbocycles. The number of aromatic nitrogens is 4. The number of benzene rings is 1. The second-order valence-corrected chi connectivity index (χ2v) is 11.0. The number of esters is 1. The molecule has 8 nitrogen and oxygen atoms in total. The first-order chi connectivity index (χ1) is 19.9. The van der Waals surface area contributed by atoms with Crippen LogP contribution in [0.15, 0.2) is 48.9 Å². The molecule has 1 saturated carbocycles. The molecule has 0 spiro atoms. The average molecular weight is 564 g/mol. The second-order valence-electron chi connectivity index (χ2n) is 11.0. The monoisotopic (exact) mass is 563 g/mol. The first kappa shape index (κ1) is 25.8. The van der Waals surface area contributed by atoms with Crippen LogP contribution in [0.2, 0.25) is 0 Å². The Morgan fingerprint density at radius 2 is 1.80 bits per heavy atom. The van der Waals surface area contributed by atoms with Gasteiger partial charge >= 0.3 is 12.6 Å². The summed E-state index contributed by atoms with van der Waals surface area (Å²) in [4.78, 5) is 28.1. The Hall–Kier alpha value is -4.15. The van der Waals surface area contributed by atoms with Crippen LogP contribution in [0.5, 0.6) is 5.75 Å². The number of rotatable bonds is 6. The van der Waals surface area contributed by atoms with Gasteiger partial charge in [0.05, 0.1) is 24.4 Å². The molecule has 0 radical (unpaired) electrons. The van der Waals surface area contributed by atoms with E-state index in [0.29, 0.717) is 54.2 Å². The van der Waals surface area contributed by atoms with Crippen LogP contribution in [-0.4, -0.2) is 52.1 Å². The highest BCUT2D eigenvalue weighted by Gasteiger charge is 2.47. The quantitative estimate of drug-likeness (QED) is 0.297. The Balaban J connectivity index is 1.19. The highest BCUT2D eigenvalue weighted by atomic mass is 19.3. The topological polar surface area (TPSA) is 81.9 Å². The number of carbonyl (C=O) groups is 1. The van der Waals surface area contributed by atoms with Crippen molar-refractivity contribution in [1.82, 2.24) is 19.4 Å². The fraction of sp³-hybridized carbons (Fsp3) is 0.400. The van der Waals surface area contributed by atoms with Crippen molar-refractivity contribution in [2.24, 2.45) is 17.8 Å². The van der Waals surface area contributed by atoms with Crippen LogP contribution in [0.1, 0.15) is 42.1 Å². The molecule has 2 bridgehead atoms. The molecular formula is C30H28F3N5O3. The van der Waals surface area contributed by atoms with Gasteiger partial charge in [-0.25, -0.2) is 19.3 Å². The Morgan fingerprint density at radius 3 is 2.51 bits per heavy atom. The third kappa shape index (κ3) is 4.38. The lowest BCUT2D eigenvalue weighted by Gasteiger charge is -2.36. The molecule has 1 aromatic carbocycles. The van der Waals surface area contributed by atoms with Gasteiger partial charge in [0, 0.05) is 60.4 Å². The van der Waals surface area contributed by atoms with Crippen LogP contribution in [0, 0.1) is 23.6 Å². The van der Waals surface area contributed by atoms with E-state index >= 15 is 4.39 Å². The number of pyridine rings is 1. The average Bonchev–Trinajstić information content (AvgIpc) is 3.61. The minimum Gasteiger partial charge on any atom is -0.469 e. The number of aryl methyl sites for hydroxylation is 1. The molecule has 1 aliphatic heterocycles. The standard InChI is InChI=1S/C30H28F3N5O3/c1-40-28(39)26-16-6-7-17(26)14-37(13-16)30-34-11-18(12-35-30)21-15-38-25(10-22(21)31)36-23-9-8-20(27(23)38)19-4-2-3-5-24(19)41-29(32)33/h2-5,10-12,15-17,20,26,29H,6-9,13-14H2,1H3/t16-,17+,20-,26-/m1/s1. The molecule has 1 saturated heterocycles. The van der Waals surface area contributed by atoms with Crippen molar-refractivity contribution in [3.63, 3.8) is 0 Å². The molecule has 3 aliphatic rings. The van der Waals surface area contributed by atoms with Crippen LogP contribution in [0.25, 0.3) is 16.8 Å². The summed E-state index contributed by atoms with van der Waals surface area (Å²) >= 11 is 0. The highest BCUT2D eigenvalue weighted by molar-refractivity contribution is 5.74. The van der Waals surface area contributed by atoms with Crippen molar-refractivity contribution in [3.8, 4) is 16.9 Å². The summed E-state index contributed by atoms with van der Waals surface area (Å²) in [5.74, 6) is 0.195. The molecule has 3 aromatic heterocycles. The molecule has 11 heteroatoms. The molecule has 0 N–H and O–H groups in total. The second kappa shape index (κ2) is 10.0. The van der Waals surface area contributed by atoms with Crippen molar-refractivity contribution >= 4 is 17.6 Å². The Morgan fingerprint density at radius 1 is 1.07 bits per heavy atom. The van der Waals surface area contributed by atoms with E-state index in [2.05, 4.69) is 19.9 Å². The number of ether oxygens (including phenoxy) is 2. The Labute approximate surface area is 234 Å². The number of para-hydroxylation sites is 1. The minimum atomic E-state index is -2.93. The molecule has 2 fully saturated rings. The molecule has 4 heterocycles. The van der Waals surface area contributed by atoms with Crippen molar-refractivity contribution in [2.45, 2.75) is 38.2 Å². The van der Waals surface area contributed by atoms with Gasteiger partial charge < -0.3 is 18.8 Å². The van der Waals surface area contributed by atoms with Crippen molar-refractivity contribution in [2.75, 3.05) is 25.1 Å². The summed E-state index contributed by atoms with van der Waals surface area (Å²) in [5.41, 5.74) is 3.59. The van der Waals surface area contributed by atoms with Gasteiger partial charge in [-0.15, -0.1) is 0 Å². The molecule has 4 atom stereocenters. The lowest BCUT2D eigenvalue weighted by Crippen LogP contribution is -2.45. The number of hydrogen-bond donors (Lipinski definition) is 0. The Kier molecular flexibility index (Phi) is 6.32. The number of piperidine rings is 1. The maximum absolute atomic E-state index is 15.3. The summed E-state index contributed by atoms with van der Waals surface area (Å²) < 4.78 is 53.2. The van der Waals surface area contributed by atoms with Gasteiger partial charge in [0.1, 0.15) is 17.2 Å². The number of hydrogen-bond acceptors (Lipinski definition) is 7. The number of alkyl halides is 2. The van der Waals surface area contributed by atoms with E-state index in [-0.39, 0.29) is 35.4 Å². The predicted molar refractivity (Wildman–Crippen MR) is 143 cm³/mol. The zero-order valence-electron chi connectivity index (χ0n) is 22.3. The smallest absolute Gasteiger partial charge is 0.387 e. The van der Waals surface area contributed by atoms with E-state index in [0.717, 1.165) is 24.2 Å². The lowest BCUT2D eigenvalue weighted by molar-refractivity contribution is -0.148. The first-order valence-corrected chi connectivity index (χ1v) is 13.8. The van der Waals surface area contributed by atoms with Gasteiger partial charge in [0.25, 0.3) is 0 Å². The fourth-order valence-electron chi connectivity index (χ4n) is 7.12. The van der Waals surface area contributed by atoms with E-state index in [1.165, 1.54) is 19.2 Å². The highest BCUT2D eigenvalue weighted by Crippen LogP contribution is 2.44. The maximum atomic E-state index is 15.3. The zero-order valence-corrected chi connectivity index (χ0v) is 22.3. The molecule has 0 amide bonds. The normalized spacial score (nSPS) is 23.3. The lowest BCUT2D eigenvalue weighted by atomic mass is 9.85. The van der Waals surface area contributed by atoms with E-state index in [1.807, 2.05) is 4.40 Å². The number of anilines is 1. The van der Waals surface area contributed by atoms with Crippen LogP contribution in [0.4, 0.5) is 19.1 Å². The van der Waals surface area contributed by atoms with E-state index in [9.17, 15) is 13.6 Å². The van der Waals surface area contributed by atoms with Gasteiger partial charge in [-0.3, -0.25) is 4.79 Å². The van der Waals surface area contributed by atoms with Gasteiger partial charge in [-0.05, 0) is 43.6 Å². The van der Waals surface area contributed by atoms with Gasteiger partial charge in [0.2, 0.25) is 5.95 Å². The van der Waals surface area contributed by atoms with E-state index in [4.69, 9.17) is 9.47 Å². The van der Waals surface area contributed by atoms with Gasteiger partial charge in [-0.1, -0.05) is 18.2 Å². The molecule has 0 unspecified atom stereocenters. The number of nitrogens with zero attached hydrogens (tertiary/aromatic N) is 5. The number of carbonyl (C=O) groups excluding carboxylic acids is 1. The predicted octanol–water partition coefficient (Wildman–Crippen LogP) is 5.25. The van der Waals surface area contributed by atoms with E-state index in [1.54, 1.807) is 36.8 Å². The molecule has 41 heavy (non-hydrogen) atoms. The van der Waals surface area contributed by atoms with Crippen molar-refractivity contribution < 1.29 is 27.4 Å².